The second kappa shape index (κ2) is 5.37. The number of aliphatic hydroxyl groups excluding tert-OH is 1. The average molecular weight is 225 g/mol. The van der Waals surface area contributed by atoms with Crippen molar-refractivity contribution in [2.24, 2.45) is 0 Å². The predicted octanol–water partition coefficient (Wildman–Crippen LogP) is 0.659. The van der Waals surface area contributed by atoms with Crippen LogP contribution in [-0.2, 0) is 4.79 Å². The first-order valence-corrected chi connectivity index (χ1v) is 4.73. The van der Waals surface area contributed by atoms with Crippen LogP contribution in [0.15, 0.2) is 18.2 Å². The molecule has 1 amide bonds. The summed E-state index contributed by atoms with van der Waals surface area (Å²) in [6, 6.07) is 5.11. The van der Waals surface area contributed by atoms with Crippen LogP contribution in [0.25, 0.3) is 0 Å². The molecule has 0 fully saturated rings. The van der Waals surface area contributed by atoms with Gasteiger partial charge in [-0.15, -0.1) is 0 Å². The molecule has 0 saturated heterocycles. The zero-order chi connectivity index (χ0) is 12.1. The smallest absolute Gasteiger partial charge is 0.252 e. The van der Waals surface area contributed by atoms with Crippen LogP contribution in [0.2, 0.25) is 0 Å². The number of benzene rings is 1. The fourth-order valence-electron chi connectivity index (χ4n) is 1.30. The van der Waals surface area contributed by atoms with E-state index >= 15 is 0 Å². The largest absolute Gasteiger partial charge is 0.497 e. The van der Waals surface area contributed by atoms with E-state index in [0.717, 1.165) is 0 Å². The third kappa shape index (κ3) is 2.43. The Morgan fingerprint density at radius 2 is 2.06 bits per heavy atom. The number of anilines is 1. The highest BCUT2D eigenvalue weighted by atomic mass is 16.5. The Balaban J connectivity index is 3.12. The van der Waals surface area contributed by atoms with Gasteiger partial charge in [0.1, 0.15) is 18.1 Å². The van der Waals surface area contributed by atoms with Gasteiger partial charge in [0, 0.05) is 13.1 Å². The Labute approximate surface area is 94.2 Å². The van der Waals surface area contributed by atoms with Crippen LogP contribution in [0.5, 0.6) is 11.5 Å². The SMILES string of the molecule is COc1ccc(OC)c(N(C)C(=O)CO)c1. The number of nitrogens with zero attached hydrogens (tertiary/aromatic N) is 1. The third-order valence-electron chi connectivity index (χ3n) is 2.26. The summed E-state index contributed by atoms with van der Waals surface area (Å²) < 4.78 is 10.2. The van der Waals surface area contributed by atoms with Crippen molar-refractivity contribution in [2.75, 3.05) is 32.8 Å². The number of rotatable bonds is 4. The summed E-state index contributed by atoms with van der Waals surface area (Å²) in [4.78, 5) is 12.7. The maximum absolute atomic E-state index is 11.4. The van der Waals surface area contributed by atoms with Gasteiger partial charge in [-0.05, 0) is 12.1 Å². The first-order valence-electron chi connectivity index (χ1n) is 4.73. The number of hydrogen-bond acceptors (Lipinski definition) is 4. The monoisotopic (exact) mass is 225 g/mol. The van der Waals surface area contributed by atoms with E-state index in [4.69, 9.17) is 14.6 Å². The minimum Gasteiger partial charge on any atom is -0.497 e. The molecule has 0 saturated carbocycles. The van der Waals surface area contributed by atoms with E-state index in [9.17, 15) is 4.79 Å². The van der Waals surface area contributed by atoms with Crippen molar-refractivity contribution in [3.63, 3.8) is 0 Å². The normalized spacial score (nSPS) is 9.75. The fraction of sp³-hybridized carbons (Fsp3) is 0.364. The number of likely N-dealkylation sites (N-methyl/N-ethyl adjacent to an activating group) is 1. The molecule has 1 aromatic rings. The van der Waals surface area contributed by atoms with Gasteiger partial charge < -0.3 is 19.5 Å². The molecule has 88 valence electrons. The van der Waals surface area contributed by atoms with Crippen LogP contribution in [0.4, 0.5) is 5.69 Å². The first kappa shape index (κ1) is 12.3. The quantitative estimate of drug-likeness (QED) is 0.817. The Morgan fingerprint density at radius 1 is 1.38 bits per heavy atom. The minimum atomic E-state index is -0.545. The first-order chi connectivity index (χ1) is 7.63. The molecule has 1 N–H and O–H groups in total. The number of ether oxygens (including phenoxy) is 2. The van der Waals surface area contributed by atoms with Crippen LogP contribution in [-0.4, -0.2) is 38.9 Å². The molecule has 16 heavy (non-hydrogen) atoms. The lowest BCUT2D eigenvalue weighted by Gasteiger charge is -2.19. The second-order valence-electron chi connectivity index (χ2n) is 3.15. The number of methoxy groups -OCH3 is 2. The standard InChI is InChI=1S/C11H15NO4/c1-12(11(14)7-13)9-6-8(15-2)4-5-10(9)16-3/h4-6,13H,7H2,1-3H3. The topological polar surface area (TPSA) is 59.0 Å². The molecule has 5 nitrogen and oxygen atoms in total. The van der Waals surface area contributed by atoms with Gasteiger partial charge in [0.15, 0.2) is 0 Å². The summed E-state index contributed by atoms with van der Waals surface area (Å²) in [7, 11) is 4.62. The van der Waals surface area contributed by atoms with Crippen LogP contribution in [0.3, 0.4) is 0 Å². The van der Waals surface area contributed by atoms with Crippen molar-refractivity contribution < 1.29 is 19.4 Å². The average Bonchev–Trinajstić information content (AvgIpc) is 2.35. The fourth-order valence-corrected chi connectivity index (χ4v) is 1.30. The highest BCUT2D eigenvalue weighted by molar-refractivity contribution is 5.95. The van der Waals surface area contributed by atoms with Gasteiger partial charge in [-0.1, -0.05) is 0 Å². The van der Waals surface area contributed by atoms with E-state index in [1.54, 1.807) is 32.4 Å². The van der Waals surface area contributed by atoms with E-state index in [-0.39, 0.29) is 0 Å². The molecule has 1 aromatic carbocycles. The molecular weight excluding hydrogens is 210 g/mol. The lowest BCUT2D eigenvalue weighted by atomic mass is 10.2. The molecule has 0 atom stereocenters. The molecule has 0 aliphatic carbocycles. The van der Waals surface area contributed by atoms with Gasteiger partial charge >= 0.3 is 0 Å². The Hall–Kier alpha value is -1.75. The van der Waals surface area contributed by atoms with Gasteiger partial charge in [-0.25, -0.2) is 0 Å². The molecule has 0 unspecified atom stereocenters. The van der Waals surface area contributed by atoms with Crippen LogP contribution in [0, 0.1) is 0 Å². The van der Waals surface area contributed by atoms with Gasteiger partial charge in [0.2, 0.25) is 0 Å². The van der Waals surface area contributed by atoms with Gasteiger partial charge in [0.25, 0.3) is 5.91 Å². The van der Waals surface area contributed by atoms with Crippen molar-refractivity contribution >= 4 is 11.6 Å². The zero-order valence-corrected chi connectivity index (χ0v) is 9.56. The second-order valence-corrected chi connectivity index (χ2v) is 3.15. The Morgan fingerprint density at radius 3 is 2.56 bits per heavy atom. The minimum absolute atomic E-state index is 0.411. The van der Waals surface area contributed by atoms with Crippen molar-refractivity contribution in [3.05, 3.63) is 18.2 Å². The lowest BCUT2D eigenvalue weighted by Crippen LogP contribution is -2.29. The number of carbonyl (C=O) groups is 1. The van der Waals surface area contributed by atoms with Crippen molar-refractivity contribution in [1.82, 2.24) is 0 Å². The molecule has 0 spiro atoms. The van der Waals surface area contributed by atoms with E-state index < -0.39 is 12.5 Å². The van der Waals surface area contributed by atoms with Gasteiger partial charge in [-0.2, -0.15) is 0 Å². The molecule has 1 rings (SSSR count). The van der Waals surface area contributed by atoms with Crippen LogP contribution in [0.1, 0.15) is 0 Å². The van der Waals surface area contributed by atoms with Crippen LogP contribution >= 0.6 is 0 Å². The maximum atomic E-state index is 11.4. The van der Waals surface area contributed by atoms with Gasteiger partial charge in [-0.3, -0.25) is 4.79 Å². The molecular formula is C11H15NO4. The molecule has 0 bridgehead atoms. The van der Waals surface area contributed by atoms with E-state index in [2.05, 4.69) is 0 Å². The van der Waals surface area contributed by atoms with Crippen LogP contribution < -0.4 is 14.4 Å². The van der Waals surface area contributed by atoms with Crippen molar-refractivity contribution in [1.29, 1.82) is 0 Å². The molecule has 5 heteroatoms. The lowest BCUT2D eigenvalue weighted by molar-refractivity contribution is -0.120. The highest BCUT2D eigenvalue weighted by Crippen LogP contribution is 2.31. The molecule has 0 aliphatic heterocycles. The maximum Gasteiger partial charge on any atom is 0.252 e. The van der Waals surface area contributed by atoms with E-state index in [1.807, 2.05) is 0 Å². The summed E-state index contributed by atoms with van der Waals surface area (Å²) in [5.41, 5.74) is 0.556. The Kier molecular flexibility index (Phi) is 4.13. The zero-order valence-electron chi connectivity index (χ0n) is 9.56. The predicted molar refractivity (Wildman–Crippen MR) is 60.0 cm³/mol. The number of hydrogen-bond donors (Lipinski definition) is 1. The number of carbonyl (C=O) groups excluding carboxylic acids is 1. The van der Waals surface area contributed by atoms with E-state index in [0.29, 0.717) is 17.2 Å². The summed E-state index contributed by atoms with van der Waals surface area (Å²) in [5, 5.41) is 8.79. The summed E-state index contributed by atoms with van der Waals surface area (Å²) >= 11 is 0. The highest BCUT2D eigenvalue weighted by Gasteiger charge is 2.15. The van der Waals surface area contributed by atoms with Crippen molar-refractivity contribution in [3.8, 4) is 11.5 Å². The summed E-state index contributed by atoms with van der Waals surface area (Å²) in [6.45, 7) is -0.545. The van der Waals surface area contributed by atoms with E-state index in [1.165, 1.54) is 12.0 Å². The summed E-state index contributed by atoms with van der Waals surface area (Å²) in [6.07, 6.45) is 0. The third-order valence-corrected chi connectivity index (χ3v) is 2.26. The Bertz CT molecular complexity index is 378. The molecule has 0 heterocycles. The molecule has 0 aliphatic rings. The van der Waals surface area contributed by atoms with Gasteiger partial charge in [0.05, 0.1) is 19.9 Å². The summed E-state index contributed by atoms with van der Waals surface area (Å²) in [5.74, 6) is 0.755. The number of aliphatic hydroxyl groups is 1. The number of amides is 1. The molecule has 0 aromatic heterocycles. The van der Waals surface area contributed by atoms with Crippen molar-refractivity contribution in [2.45, 2.75) is 0 Å². The molecule has 0 radical (unpaired) electrons.